The van der Waals surface area contributed by atoms with E-state index < -0.39 is 0 Å². The summed E-state index contributed by atoms with van der Waals surface area (Å²) in [7, 11) is 0. The van der Waals surface area contributed by atoms with E-state index in [1.807, 2.05) is 0 Å². The summed E-state index contributed by atoms with van der Waals surface area (Å²) in [6, 6.07) is 1.35. The van der Waals surface area contributed by atoms with Crippen LogP contribution in [0.5, 0.6) is 0 Å². The molecule has 12 heavy (non-hydrogen) atoms. The molecule has 2 heteroatoms. The fourth-order valence-corrected chi connectivity index (χ4v) is 3.35. The Bertz CT molecular complexity index is 208. The molecule has 70 valence electrons. The predicted octanol–water partition coefficient (Wildman–Crippen LogP) is 1.12. The summed E-state index contributed by atoms with van der Waals surface area (Å²) in [6.45, 7) is 11.5. The van der Waals surface area contributed by atoms with Crippen molar-refractivity contribution in [1.82, 2.24) is 10.6 Å². The molecular weight excluding hydrogens is 148 g/mol. The minimum absolute atomic E-state index is 0.265. The molecule has 2 aliphatic heterocycles. The summed E-state index contributed by atoms with van der Waals surface area (Å²) in [4.78, 5) is 0. The van der Waals surface area contributed by atoms with Gasteiger partial charge in [0.25, 0.3) is 0 Å². The second-order valence-corrected chi connectivity index (χ2v) is 5.53. The van der Waals surface area contributed by atoms with E-state index in [2.05, 4.69) is 45.3 Å². The molecule has 0 amide bonds. The highest BCUT2D eigenvalue weighted by Crippen LogP contribution is 2.43. The van der Waals surface area contributed by atoms with Gasteiger partial charge < -0.3 is 10.6 Å². The van der Waals surface area contributed by atoms with Gasteiger partial charge in [-0.3, -0.25) is 0 Å². The van der Waals surface area contributed by atoms with Gasteiger partial charge in [-0.15, -0.1) is 0 Å². The van der Waals surface area contributed by atoms with Crippen molar-refractivity contribution in [3.05, 3.63) is 0 Å². The van der Waals surface area contributed by atoms with Crippen LogP contribution in [0.15, 0.2) is 0 Å². The molecule has 2 saturated heterocycles. The molecule has 2 nitrogen and oxygen atoms in total. The highest BCUT2D eigenvalue weighted by molar-refractivity contribution is 5.20. The normalized spacial score (nSPS) is 48.2. The first-order valence-corrected chi connectivity index (χ1v) is 4.90. The summed E-state index contributed by atoms with van der Waals surface area (Å²) < 4.78 is 0. The van der Waals surface area contributed by atoms with Crippen LogP contribution in [0, 0.1) is 5.92 Å². The van der Waals surface area contributed by atoms with Gasteiger partial charge in [-0.1, -0.05) is 0 Å². The Kier molecular flexibility index (Phi) is 1.45. The van der Waals surface area contributed by atoms with Crippen LogP contribution in [0.25, 0.3) is 0 Å². The number of rotatable bonds is 0. The first kappa shape index (κ1) is 8.52. The number of nitrogens with one attached hydrogen (secondary N) is 2. The van der Waals surface area contributed by atoms with Gasteiger partial charge in [-0.25, -0.2) is 0 Å². The molecule has 2 heterocycles. The topological polar surface area (TPSA) is 24.1 Å². The lowest BCUT2D eigenvalue weighted by atomic mass is 9.71. The summed E-state index contributed by atoms with van der Waals surface area (Å²) >= 11 is 0. The van der Waals surface area contributed by atoms with Crippen LogP contribution in [0.3, 0.4) is 0 Å². The van der Waals surface area contributed by atoms with Crippen LogP contribution < -0.4 is 10.6 Å². The van der Waals surface area contributed by atoms with E-state index in [1.165, 1.54) is 0 Å². The lowest BCUT2D eigenvalue weighted by Crippen LogP contribution is -2.66. The Labute approximate surface area is 75.1 Å². The smallest absolute Gasteiger partial charge is 0.0307 e. The molecule has 0 saturated carbocycles. The molecule has 2 fully saturated rings. The quantitative estimate of drug-likeness (QED) is 0.566. The van der Waals surface area contributed by atoms with Crippen LogP contribution in [0.2, 0.25) is 0 Å². The average Bonchev–Trinajstić information content (AvgIpc) is 1.90. The second kappa shape index (κ2) is 2.05. The second-order valence-electron chi connectivity index (χ2n) is 5.53. The fourth-order valence-electron chi connectivity index (χ4n) is 3.35. The minimum atomic E-state index is 0.265. The third kappa shape index (κ3) is 0.882. The van der Waals surface area contributed by atoms with Crippen molar-refractivity contribution in [2.24, 2.45) is 5.92 Å². The van der Waals surface area contributed by atoms with Crippen LogP contribution in [0.4, 0.5) is 0 Å². The molecule has 0 bridgehead atoms. The summed E-state index contributed by atoms with van der Waals surface area (Å²) in [5.74, 6) is 0.799. The third-order valence-corrected chi connectivity index (χ3v) is 3.60. The molecule has 2 rings (SSSR count). The lowest BCUT2D eigenvalue weighted by Gasteiger charge is -2.47. The van der Waals surface area contributed by atoms with E-state index in [9.17, 15) is 0 Å². The standard InChI is InChI=1S/C10H20N2/c1-6-7-8(11-6)10(4,5)12-9(7,2)3/h6-8,11-12H,1-5H3. The van der Waals surface area contributed by atoms with E-state index in [4.69, 9.17) is 0 Å². The van der Waals surface area contributed by atoms with Gasteiger partial charge in [0, 0.05) is 29.1 Å². The molecular formula is C10H20N2. The van der Waals surface area contributed by atoms with Crippen molar-refractivity contribution in [3.8, 4) is 0 Å². The molecule has 0 aliphatic carbocycles. The molecule has 0 radical (unpaired) electrons. The lowest BCUT2D eigenvalue weighted by molar-refractivity contribution is 0.120. The molecule has 0 spiro atoms. The Morgan fingerprint density at radius 1 is 1.00 bits per heavy atom. The van der Waals surface area contributed by atoms with Gasteiger partial charge in [0.05, 0.1) is 0 Å². The van der Waals surface area contributed by atoms with E-state index in [1.54, 1.807) is 0 Å². The van der Waals surface area contributed by atoms with Crippen molar-refractivity contribution < 1.29 is 0 Å². The van der Waals surface area contributed by atoms with Gasteiger partial charge >= 0.3 is 0 Å². The maximum atomic E-state index is 3.70. The monoisotopic (exact) mass is 168 g/mol. The van der Waals surface area contributed by atoms with Crippen LogP contribution in [-0.4, -0.2) is 23.2 Å². The summed E-state index contributed by atoms with van der Waals surface area (Å²) in [6.07, 6.45) is 0. The highest BCUT2D eigenvalue weighted by Gasteiger charge is 2.59. The Balaban J connectivity index is 2.26. The number of hydrogen-bond donors (Lipinski definition) is 2. The summed E-state index contributed by atoms with van der Waals surface area (Å²) in [5.41, 5.74) is 0.569. The molecule has 0 aromatic heterocycles. The molecule has 2 aliphatic rings. The third-order valence-electron chi connectivity index (χ3n) is 3.60. The fraction of sp³-hybridized carbons (Fsp3) is 1.00. The van der Waals surface area contributed by atoms with E-state index in [0.717, 1.165) is 5.92 Å². The van der Waals surface area contributed by atoms with Gasteiger partial charge in [0.2, 0.25) is 0 Å². The SMILES string of the molecule is CC1NC2C1C(C)(C)NC2(C)C. The summed E-state index contributed by atoms with van der Waals surface area (Å²) in [5, 5.41) is 7.29. The minimum Gasteiger partial charge on any atom is -0.309 e. The van der Waals surface area contributed by atoms with E-state index >= 15 is 0 Å². The van der Waals surface area contributed by atoms with Gasteiger partial charge in [0.15, 0.2) is 0 Å². The Hall–Kier alpha value is -0.0800. The Morgan fingerprint density at radius 3 is 1.92 bits per heavy atom. The number of hydrogen-bond acceptors (Lipinski definition) is 2. The van der Waals surface area contributed by atoms with E-state index in [-0.39, 0.29) is 5.54 Å². The molecule has 0 aromatic rings. The predicted molar refractivity (Wildman–Crippen MR) is 51.2 cm³/mol. The van der Waals surface area contributed by atoms with Gasteiger partial charge in [-0.05, 0) is 34.6 Å². The number of fused-ring (bicyclic) bond motifs is 1. The maximum absolute atomic E-state index is 3.70. The zero-order chi connectivity index (χ0) is 9.15. The molecule has 0 aromatic carbocycles. The van der Waals surface area contributed by atoms with Crippen LogP contribution >= 0.6 is 0 Å². The van der Waals surface area contributed by atoms with E-state index in [0.29, 0.717) is 17.6 Å². The van der Waals surface area contributed by atoms with Crippen molar-refractivity contribution >= 4 is 0 Å². The first-order valence-electron chi connectivity index (χ1n) is 4.90. The van der Waals surface area contributed by atoms with Crippen molar-refractivity contribution in [2.75, 3.05) is 0 Å². The average molecular weight is 168 g/mol. The molecule has 3 atom stereocenters. The maximum Gasteiger partial charge on any atom is 0.0307 e. The Morgan fingerprint density at radius 2 is 1.58 bits per heavy atom. The van der Waals surface area contributed by atoms with Crippen molar-refractivity contribution in [3.63, 3.8) is 0 Å². The van der Waals surface area contributed by atoms with Crippen molar-refractivity contribution in [2.45, 2.75) is 57.8 Å². The molecule has 2 N–H and O–H groups in total. The first-order chi connectivity index (χ1) is 5.34. The van der Waals surface area contributed by atoms with Crippen LogP contribution in [-0.2, 0) is 0 Å². The zero-order valence-corrected chi connectivity index (χ0v) is 8.73. The van der Waals surface area contributed by atoms with Crippen LogP contribution in [0.1, 0.15) is 34.6 Å². The van der Waals surface area contributed by atoms with Gasteiger partial charge in [0.1, 0.15) is 0 Å². The molecule has 3 unspecified atom stereocenters. The van der Waals surface area contributed by atoms with Crippen molar-refractivity contribution in [1.29, 1.82) is 0 Å². The van der Waals surface area contributed by atoms with Gasteiger partial charge in [-0.2, -0.15) is 0 Å². The zero-order valence-electron chi connectivity index (χ0n) is 8.73. The largest absolute Gasteiger partial charge is 0.309 e. The highest BCUT2D eigenvalue weighted by atomic mass is 15.2.